The van der Waals surface area contributed by atoms with Crippen LogP contribution in [0, 0.1) is 29.6 Å². The minimum atomic E-state index is -1.23. The number of hydrogen-bond donors (Lipinski definition) is 0. The quantitative estimate of drug-likeness (QED) is 0.451. The first-order valence-corrected chi connectivity index (χ1v) is 11.9. The lowest BCUT2D eigenvalue weighted by atomic mass is 9.70. The lowest BCUT2D eigenvalue weighted by Crippen LogP contribution is -2.57. The van der Waals surface area contributed by atoms with E-state index in [1.54, 1.807) is 41.9 Å². The Balaban J connectivity index is 2.62. The lowest BCUT2D eigenvalue weighted by molar-refractivity contribution is -0.172. The molecule has 2 aliphatic rings. The molecule has 0 spiro atoms. The molecule has 0 bridgehead atoms. The van der Waals surface area contributed by atoms with Gasteiger partial charge in [-0.05, 0) is 39.5 Å². The van der Waals surface area contributed by atoms with Crippen molar-refractivity contribution in [1.82, 2.24) is 4.90 Å². The molecule has 33 heavy (non-hydrogen) atoms. The molecular weight excluding hydrogens is 426 g/mol. The second-order valence-electron chi connectivity index (χ2n) is 10.5. The Labute approximate surface area is 197 Å². The van der Waals surface area contributed by atoms with Crippen molar-refractivity contribution >= 4 is 23.6 Å². The number of esters is 1. The molecule has 0 unspecified atom stereocenters. The van der Waals surface area contributed by atoms with Crippen LogP contribution in [-0.2, 0) is 28.6 Å². The minimum Gasteiger partial charge on any atom is -0.458 e. The zero-order valence-electron chi connectivity index (χ0n) is 21.8. The third-order valence-electron chi connectivity index (χ3n) is 8.40. The number of carbonyl (C=O) groups is 4. The number of Topliss-reactive ketones (excluding diaryl/α,β-unsaturated/α-hetero) is 2. The molecule has 2 fully saturated rings. The molecule has 0 saturated carbocycles. The summed E-state index contributed by atoms with van der Waals surface area (Å²) in [6, 6.07) is -0.628. The lowest BCUT2D eigenvalue weighted by Gasteiger charge is -2.42. The van der Waals surface area contributed by atoms with E-state index < -0.39 is 53.2 Å². The summed E-state index contributed by atoms with van der Waals surface area (Å²) in [5.74, 6) is -3.58. The van der Waals surface area contributed by atoms with E-state index in [1.807, 2.05) is 27.7 Å². The number of methoxy groups -OCH3 is 1. The van der Waals surface area contributed by atoms with E-state index in [1.165, 1.54) is 4.90 Å². The van der Waals surface area contributed by atoms with Gasteiger partial charge in [0.1, 0.15) is 23.6 Å². The van der Waals surface area contributed by atoms with E-state index in [9.17, 15) is 19.2 Å². The molecular formula is C25H41NO7. The van der Waals surface area contributed by atoms with Crippen LogP contribution in [0.3, 0.4) is 0 Å². The first-order chi connectivity index (χ1) is 15.2. The number of ketones is 2. The molecule has 0 aliphatic carbocycles. The van der Waals surface area contributed by atoms with Crippen molar-refractivity contribution in [3.63, 3.8) is 0 Å². The highest BCUT2D eigenvalue weighted by atomic mass is 16.6. The Bertz CT molecular complexity index is 798. The highest BCUT2D eigenvalue weighted by molar-refractivity contribution is 6.00. The third kappa shape index (κ3) is 4.68. The number of ether oxygens (including phenoxy) is 3. The maximum Gasteiger partial charge on any atom is 0.410 e. The van der Waals surface area contributed by atoms with Gasteiger partial charge in [0.25, 0.3) is 0 Å². The Hall–Kier alpha value is -1.96. The normalized spacial score (nSPS) is 43.6. The van der Waals surface area contributed by atoms with E-state index in [2.05, 4.69) is 0 Å². The van der Waals surface area contributed by atoms with Crippen molar-refractivity contribution in [3.05, 3.63) is 0 Å². The van der Waals surface area contributed by atoms with Crippen LogP contribution < -0.4 is 0 Å². The number of cyclic esters (lactones) is 1. The Kier molecular flexibility index (Phi) is 8.04. The van der Waals surface area contributed by atoms with Gasteiger partial charge in [0.05, 0.1) is 11.6 Å². The average Bonchev–Trinajstić information content (AvgIpc) is 3.01. The van der Waals surface area contributed by atoms with Crippen molar-refractivity contribution in [2.45, 2.75) is 91.6 Å². The van der Waals surface area contributed by atoms with Crippen LogP contribution in [0.4, 0.5) is 4.79 Å². The molecule has 9 atom stereocenters. The maximum atomic E-state index is 13.6. The van der Waals surface area contributed by atoms with Gasteiger partial charge in [-0.25, -0.2) is 4.79 Å². The molecule has 8 nitrogen and oxygen atoms in total. The highest BCUT2D eigenvalue weighted by Gasteiger charge is 2.59. The van der Waals surface area contributed by atoms with Crippen LogP contribution in [0.25, 0.3) is 0 Å². The molecule has 2 saturated heterocycles. The fourth-order valence-corrected chi connectivity index (χ4v) is 5.81. The third-order valence-corrected chi connectivity index (χ3v) is 8.40. The minimum absolute atomic E-state index is 0.0302. The van der Waals surface area contributed by atoms with Crippen molar-refractivity contribution in [3.8, 4) is 0 Å². The summed E-state index contributed by atoms with van der Waals surface area (Å²) in [4.78, 5) is 53.9. The summed E-state index contributed by atoms with van der Waals surface area (Å²) in [7, 11) is 3.18. The second-order valence-corrected chi connectivity index (χ2v) is 10.5. The van der Waals surface area contributed by atoms with Gasteiger partial charge in [0, 0.05) is 31.9 Å². The molecule has 2 aliphatic heterocycles. The topological polar surface area (TPSA) is 99.2 Å². The predicted molar refractivity (Wildman–Crippen MR) is 122 cm³/mol. The zero-order valence-corrected chi connectivity index (χ0v) is 21.8. The maximum absolute atomic E-state index is 13.6. The standard InChI is InChI=1S/C25H41NO7/c1-11-18-25(8)21(26(9)23(30)33-25)15(4)19(27)13(2)12-24(7,31-10)17(6)14(3)20(28)16(5)22(29)32-18/h13-18,21H,11-12H2,1-10H3/t13-,14-,15+,16-,17-,18-,21-,24-,25-/m1/s1. The predicted octanol–water partition coefficient (Wildman–Crippen LogP) is 3.65. The van der Waals surface area contributed by atoms with Gasteiger partial charge in [-0.3, -0.25) is 14.4 Å². The highest BCUT2D eigenvalue weighted by Crippen LogP contribution is 2.42. The van der Waals surface area contributed by atoms with Gasteiger partial charge in [-0.1, -0.05) is 34.6 Å². The Morgan fingerprint density at radius 1 is 1.00 bits per heavy atom. The molecule has 0 aromatic heterocycles. The van der Waals surface area contributed by atoms with Crippen molar-refractivity contribution < 1.29 is 33.4 Å². The molecule has 2 rings (SSSR count). The van der Waals surface area contributed by atoms with Gasteiger partial charge in [-0.15, -0.1) is 0 Å². The van der Waals surface area contributed by atoms with Crippen LogP contribution in [0.1, 0.15) is 68.2 Å². The molecule has 1 amide bonds. The van der Waals surface area contributed by atoms with E-state index in [-0.39, 0.29) is 23.4 Å². The fraction of sp³-hybridized carbons (Fsp3) is 0.840. The number of likely N-dealkylation sites (N-methyl/N-ethyl adjacent to an activating group) is 1. The first kappa shape index (κ1) is 27.3. The fourth-order valence-electron chi connectivity index (χ4n) is 5.81. The first-order valence-electron chi connectivity index (χ1n) is 11.9. The summed E-state index contributed by atoms with van der Waals surface area (Å²) in [6.07, 6.45) is -0.597. The zero-order chi connectivity index (χ0) is 25.5. The number of rotatable bonds is 2. The van der Waals surface area contributed by atoms with Crippen LogP contribution in [0.2, 0.25) is 0 Å². The number of nitrogens with zero attached hydrogens (tertiary/aromatic N) is 1. The van der Waals surface area contributed by atoms with E-state index in [4.69, 9.17) is 14.2 Å². The largest absolute Gasteiger partial charge is 0.458 e. The monoisotopic (exact) mass is 467 g/mol. The molecule has 0 N–H and O–H groups in total. The number of carbonyl (C=O) groups excluding carboxylic acids is 4. The SMILES string of the molecule is CC[C@H]1OC(=O)[C@H](C)C(=O)[C@H](C)[C@@H](C)[C@](C)(OC)C[C@@H](C)C(=O)[C@H](C)[C@H]2N(C)C(=O)O[C@]12C. The van der Waals surface area contributed by atoms with Crippen LogP contribution in [0.15, 0.2) is 0 Å². The van der Waals surface area contributed by atoms with Gasteiger partial charge in [-0.2, -0.15) is 0 Å². The number of fused-ring (bicyclic) bond motifs is 1. The molecule has 2 heterocycles. The summed E-state index contributed by atoms with van der Waals surface area (Å²) in [5, 5.41) is 0. The van der Waals surface area contributed by atoms with Crippen molar-refractivity contribution in [1.29, 1.82) is 0 Å². The van der Waals surface area contributed by atoms with Gasteiger partial charge in [0.15, 0.2) is 5.60 Å². The van der Waals surface area contributed by atoms with Crippen LogP contribution in [-0.4, -0.2) is 66.0 Å². The van der Waals surface area contributed by atoms with Crippen molar-refractivity contribution in [2.24, 2.45) is 29.6 Å². The average molecular weight is 468 g/mol. The van der Waals surface area contributed by atoms with Gasteiger partial charge in [0.2, 0.25) is 0 Å². The molecule has 188 valence electrons. The molecule has 0 aromatic rings. The van der Waals surface area contributed by atoms with Gasteiger partial charge >= 0.3 is 12.1 Å². The van der Waals surface area contributed by atoms with Crippen LogP contribution in [0.5, 0.6) is 0 Å². The summed E-state index contributed by atoms with van der Waals surface area (Å²) < 4.78 is 17.4. The number of amides is 1. The molecule has 0 radical (unpaired) electrons. The Morgan fingerprint density at radius 3 is 2.09 bits per heavy atom. The van der Waals surface area contributed by atoms with E-state index in [0.29, 0.717) is 12.8 Å². The number of hydrogen-bond acceptors (Lipinski definition) is 7. The van der Waals surface area contributed by atoms with E-state index >= 15 is 0 Å². The molecule has 8 heteroatoms. The van der Waals surface area contributed by atoms with E-state index in [0.717, 1.165) is 0 Å². The summed E-state index contributed by atoms with van der Waals surface area (Å²) in [6.45, 7) is 14.3. The van der Waals surface area contributed by atoms with Crippen molar-refractivity contribution in [2.75, 3.05) is 14.2 Å². The summed E-state index contributed by atoms with van der Waals surface area (Å²) >= 11 is 0. The Morgan fingerprint density at radius 2 is 1.58 bits per heavy atom. The smallest absolute Gasteiger partial charge is 0.410 e. The van der Waals surface area contributed by atoms with Crippen LogP contribution >= 0.6 is 0 Å². The second kappa shape index (κ2) is 9.72. The van der Waals surface area contributed by atoms with Gasteiger partial charge < -0.3 is 19.1 Å². The summed E-state index contributed by atoms with van der Waals surface area (Å²) in [5.41, 5.74) is -2.00. The molecule has 0 aromatic carbocycles.